The second-order valence-corrected chi connectivity index (χ2v) is 6.63. The number of nitrogens with zero attached hydrogens (tertiary/aromatic N) is 2. The molecule has 1 saturated carbocycles. The quantitative estimate of drug-likeness (QED) is 0.776. The molecule has 0 aliphatic heterocycles. The van der Waals surface area contributed by atoms with Gasteiger partial charge in [-0.25, -0.2) is 4.98 Å². The molecule has 2 aromatic heterocycles. The lowest BCUT2D eigenvalue weighted by Crippen LogP contribution is -2.52. The van der Waals surface area contributed by atoms with E-state index in [2.05, 4.69) is 26.3 Å². The Bertz CT molecular complexity index is 895. The molecular formula is C19H20N4O. The van der Waals surface area contributed by atoms with Crippen LogP contribution in [-0.4, -0.2) is 20.9 Å². The number of aryl methyl sites for hydroxylation is 1. The maximum absolute atomic E-state index is 12.6. The molecule has 0 radical (unpaired) electrons. The molecule has 1 fully saturated rings. The van der Waals surface area contributed by atoms with Gasteiger partial charge in [-0.1, -0.05) is 18.2 Å². The van der Waals surface area contributed by atoms with Crippen molar-refractivity contribution in [1.29, 1.82) is 0 Å². The minimum absolute atomic E-state index is 0.0390. The number of aromatic nitrogens is 3. The van der Waals surface area contributed by atoms with E-state index in [1.54, 1.807) is 6.20 Å². The molecule has 0 atom stereocenters. The molecule has 1 aliphatic rings. The zero-order valence-corrected chi connectivity index (χ0v) is 13.7. The van der Waals surface area contributed by atoms with Crippen LogP contribution in [0, 0.1) is 6.92 Å². The Balaban J connectivity index is 1.51. The number of fused-ring (bicyclic) bond motifs is 1. The van der Waals surface area contributed by atoms with Gasteiger partial charge in [0.2, 0.25) is 5.91 Å². The Labute approximate surface area is 140 Å². The lowest BCUT2D eigenvalue weighted by molar-refractivity contribution is -0.123. The number of amides is 1. The van der Waals surface area contributed by atoms with Crippen LogP contribution in [0.5, 0.6) is 0 Å². The van der Waals surface area contributed by atoms with Crippen molar-refractivity contribution in [2.45, 2.75) is 38.1 Å². The predicted octanol–water partition coefficient (Wildman–Crippen LogP) is 3.00. The van der Waals surface area contributed by atoms with Crippen LogP contribution in [0.15, 0.2) is 42.9 Å². The molecule has 4 rings (SSSR count). The molecule has 5 nitrogen and oxygen atoms in total. The Morgan fingerprint density at radius 1 is 1.25 bits per heavy atom. The number of carbonyl (C=O) groups is 1. The van der Waals surface area contributed by atoms with Crippen LogP contribution in [0.1, 0.15) is 36.3 Å². The van der Waals surface area contributed by atoms with E-state index in [1.807, 2.05) is 37.5 Å². The zero-order valence-electron chi connectivity index (χ0n) is 13.7. The van der Waals surface area contributed by atoms with Crippen LogP contribution in [0.2, 0.25) is 0 Å². The molecule has 0 unspecified atom stereocenters. The Kier molecular flexibility index (Phi) is 3.56. The van der Waals surface area contributed by atoms with Crippen molar-refractivity contribution in [3.05, 3.63) is 59.9 Å². The number of hydrogen-bond donors (Lipinski definition) is 2. The number of rotatable bonds is 4. The van der Waals surface area contributed by atoms with Gasteiger partial charge in [0, 0.05) is 29.7 Å². The number of hydrogen-bond acceptors (Lipinski definition) is 3. The lowest BCUT2D eigenvalue weighted by atomic mass is 9.76. The first kappa shape index (κ1) is 14.9. The number of aromatic amines is 1. The summed E-state index contributed by atoms with van der Waals surface area (Å²) in [5.74, 6) is 0.918. The normalized spacial score (nSPS) is 15.9. The van der Waals surface area contributed by atoms with Gasteiger partial charge < -0.3 is 10.3 Å². The van der Waals surface area contributed by atoms with Gasteiger partial charge in [0.1, 0.15) is 5.82 Å². The molecule has 24 heavy (non-hydrogen) atoms. The number of carbonyl (C=O) groups excluding carboxylic acids is 1. The third-order valence-electron chi connectivity index (χ3n) is 4.81. The van der Waals surface area contributed by atoms with Crippen molar-refractivity contribution >= 4 is 16.7 Å². The molecule has 1 amide bonds. The van der Waals surface area contributed by atoms with Gasteiger partial charge in [-0.2, -0.15) is 0 Å². The fraction of sp³-hybridized carbons (Fsp3) is 0.316. The summed E-state index contributed by atoms with van der Waals surface area (Å²) in [6.07, 6.45) is 8.79. The van der Waals surface area contributed by atoms with E-state index in [1.165, 1.54) is 0 Å². The van der Waals surface area contributed by atoms with E-state index in [0.29, 0.717) is 6.42 Å². The van der Waals surface area contributed by atoms with Gasteiger partial charge in [-0.3, -0.25) is 9.78 Å². The highest BCUT2D eigenvalue weighted by molar-refractivity contribution is 5.85. The third kappa shape index (κ3) is 2.66. The summed E-state index contributed by atoms with van der Waals surface area (Å²) in [7, 11) is 0. The molecule has 1 aromatic carbocycles. The molecule has 122 valence electrons. The highest BCUT2D eigenvalue weighted by Gasteiger charge is 2.42. The van der Waals surface area contributed by atoms with Gasteiger partial charge in [0.25, 0.3) is 0 Å². The minimum atomic E-state index is -0.313. The monoisotopic (exact) mass is 320 g/mol. The lowest BCUT2D eigenvalue weighted by Gasteiger charge is -2.40. The summed E-state index contributed by atoms with van der Waals surface area (Å²) in [6.45, 7) is 1.98. The molecule has 3 aromatic rings. The molecule has 5 heteroatoms. The Morgan fingerprint density at radius 2 is 2.12 bits per heavy atom. The van der Waals surface area contributed by atoms with Crippen LogP contribution < -0.4 is 5.32 Å². The molecule has 0 bridgehead atoms. The number of H-pyrrole nitrogens is 1. The third-order valence-corrected chi connectivity index (χ3v) is 4.81. The van der Waals surface area contributed by atoms with Crippen molar-refractivity contribution < 1.29 is 4.79 Å². The van der Waals surface area contributed by atoms with Crippen molar-refractivity contribution in [1.82, 2.24) is 20.3 Å². The summed E-state index contributed by atoms with van der Waals surface area (Å²) in [5, 5.41) is 5.40. The summed E-state index contributed by atoms with van der Waals surface area (Å²) in [5.41, 5.74) is 1.72. The SMILES string of the molecule is Cc1cnc(C2(NC(=O)Cc3ccc4cnccc4c3)CCC2)[nH]1. The largest absolute Gasteiger partial charge is 0.344 e. The van der Waals surface area contributed by atoms with Crippen LogP contribution >= 0.6 is 0 Å². The maximum atomic E-state index is 12.6. The second kappa shape index (κ2) is 5.74. The van der Waals surface area contributed by atoms with Gasteiger partial charge in [-0.05, 0) is 43.2 Å². The molecule has 0 spiro atoms. The van der Waals surface area contributed by atoms with Crippen LogP contribution in [0.4, 0.5) is 0 Å². The topological polar surface area (TPSA) is 70.7 Å². The van der Waals surface area contributed by atoms with Crippen molar-refractivity contribution in [2.75, 3.05) is 0 Å². The fourth-order valence-corrected chi connectivity index (χ4v) is 3.35. The first-order valence-electron chi connectivity index (χ1n) is 8.30. The molecule has 2 N–H and O–H groups in total. The van der Waals surface area contributed by atoms with Crippen LogP contribution in [-0.2, 0) is 16.8 Å². The van der Waals surface area contributed by atoms with E-state index >= 15 is 0 Å². The standard InChI is InChI=1S/C19H20N4O/c1-13-11-21-18(22-13)19(6-2-7-19)23-17(24)10-14-3-4-16-12-20-8-5-15(16)9-14/h3-5,8-9,11-12H,2,6-7,10H2,1H3,(H,21,22)(H,23,24). The summed E-state index contributed by atoms with van der Waals surface area (Å²) >= 11 is 0. The highest BCUT2D eigenvalue weighted by atomic mass is 16.1. The number of nitrogens with one attached hydrogen (secondary N) is 2. The maximum Gasteiger partial charge on any atom is 0.225 e. The summed E-state index contributed by atoms with van der Waals surface area (Å²) < 4.78 is 0. The van der Waals surface area contributed by atoms with Crippen molar-refractivity contribution in [3.8, 4) is 0 Å². The van der Waals surface area contributed by atoms with Gasteiger partial charge in [-0.15, -0.1) is 0 Å². The number of pyridine rings is 1. The number of imidazole rings is 1. The molecule has 1 aliphatic carbocycles. The summed E-state index contributed by atoms with van der Waals surface area (Å²) in [4.78, 5) is 24.4. The van der Waals surface area contributed by atoms with E-state index in [-0.39, 0.29) is 11.4 Å². The Hall–Kier alpha value is -2.69. The Morgan fingerprint density at radius 3 is 2.83 bits per heavy atom. The molecular weight excluding hydrogens is 300 g/mol. The minimum Gasteiger partial charge on any atom is -0.344 e. The molecule has 0 saturated heterocycles. The van der Waals surface area contributed by atoms with E-state index in [0.717, 1.165) is 47.1 Å². The van der Waals surface area contributed by atoms with Crippen LogP contribution in [0.25, 0.3) is 10.8 Å². The fourth-order valence-electron chi connectivity index (χ4n) is 3.35. The summed E-state index contributed by atoms with van der Waals surface area (Å²) in [6, 6.07) is 8.03. The zero-order chi connectivity index (χ0) is 16.6. The first-order chi connectivity index (χ1) is 11.6. The first-order valence-corrected chi connectivity index (χ1v) is 8.30. The number of benzene rings is 1. The van der Waals surface area contributed by atoms with Gasteiger partial charge in [0.05, 0.1) is 12.0 Å². The second-order valence-electron chi connectivity index (χ2n) is 6.63. The highest BCUT2D eigenvalue weighted by Crippen LogP contribution is 2.39. The van der Waals surface area contributed by atoms with Crippen molar-refractivity contribution in [2.24, 2.45) is 0 Å². The van der Waals surface area contributed by atoms with E-state index in [4.69, 9.17) is 0 Å². The van der Waals surface area contributed by atoms with Crippen LogP contribution in [0.3, 0.4) is 0 Å². The molecule has 2 heterocycles. The van der Waals surface area contributed by atoms with E-state index in [9.17, 15) is 4.79 Å². The van der Waals surface area contributed by atoms with Gasteiger partial charge in [0.15, 0.2) is 0 Å². The van der Waals surface area contributed by atoms with E-state index < -0.39 is 0 Å². The van der Waals surface area contributed by atoms with Gasteiger partial charge >= 0.3 is 0 Å². The average molecular weight is 320 g/mol. The average Bonchev–Trinajstić information content (AvgIpc) is 2.97. The van der Waals surface area contributed by atoms with Crippen molar-refractivity contribution in [3.63, 3.8) is 0 Å². The smallest absolute Gasteiger partial charge is 0.225 e. The predicted molar refractivity (Wildman–Crippen MR) is 92.4 cm³/mol.